The predicted octanol–water partition coefficient (Wildman–Crippen LogP) is 2.87. The van der Waals surface area contributed by atoms with E-state index in [-0.39, 0.29) is 0 Å². The minimum absolute atomic E-state index is 0.300. The number of hydrogen-bond donors (Lipinski definition) is 0. The zero-order valence-electron chi connectivity index (χ0n) is 9.08. The Morgan fingerprint density at radius 1 is 0.706 bits per heavy atom. The van der Waals surface area contributed by atoms with Gasteiger partial charge >= 0.3 is 106 Å². The molecular formula is C14H10N2Se. The van der Waals surface area contributed by atoms with Gasteiger partial charge in [-0.15, -0.1) is 0 Å². The second-order valence-electron chi connectivity index (χ2n) is 3.69. The molecule has 0 atom stereocenters. The number of aromatic nitrogens is 2. The van der Waals surface area contributed by atoms with Crippen LogP contribution in [-0.4, -0.2) is 24.7 Å². The van der Waals surface area contributed by atoms with Crippen molar-refractivity contribution in [2.45, 2.75) is 0 Å². The first-order valence-corrected chi connectivity index (χ1v) is 7.20. The fourth-order valence-corrected chi connectivity index (χ4v) is 2.91. The third-order valence-corrected chi connectivity index (χ3v) is 4.15. The molecule has 1 aromatic heterocycles. The molecule has 0 saturated heterocycles. The van der Waals surface area contributed by atoms with Crippen LogP contribution in [0.5, 0.6) is 0 Å². The summed E-state index contributed by atoms with van der Waals surface area (Å²) >= 11 is 0.300. The van der Waals surface area contributed by atoms with Gasteiger partial charge in [-0.05, 0) is 0 Å². The Hall–Kier alpha value is -1.70. The summed E-state index contributed by atoms with van der Waals surface area (Å²) in [7, 11) is 0. The molecule has 0 fully saturated rings. The molecule has 0 spiro atoms. The van der Waals surface area contributed by atoms with Crippen LogP contribution in [0.3, 0.4) is 0 Å². The monoisotopic (exact) mass is 286 g/mol. The van der Waals surface area contributed by atoms with Gasteiger partial charge in [0, 0.05) is 0 Å². The first-order chi connectivity index (χ1) is 8.43. The fraction of sp³-hybridized carbons (Fsp3) is 0. The summed E-state index contributed by atoms with van der Waals surface area (Å²) in [6.07, 6.45) is 0. The molecule has 0 aliphatic carbocycles. The van der Waals surface area contributed by atoms with Crippen molar-refractivity contribution >= 4 is 14.5 Å². The molecule has 3 heteroatoms. The van der Waals surface area contributed by atoms with Crippen LogP contribution in [0.1, 0.15) is 0 Å². The van der Waals surface area contributed by atoms with E-state index in [2.05, 4.69) is 58.7 Å². The summed E-state index contributed by atoms with van der Waals surface area (Å²) in [6, 6.07) is 18.9. The molecule has 3 aromatic rings. The number of hydrogen-bond acceptors (Lipinski definition) is 2. The van der Waals surface area contributed by atoms with Crippen molar-refractivity contribution in [3.8, 4) is 21.3 Å². The Kier molecular flexibility index (Phi) is 2.86. The van der Waals surface area contributed by atoms with Crippen LogP contribution < -0.4 is 0 Å². The first kappa shape index (κ1) is 10.5. The van der Waals surface area contributed by atoms with E-state index in [1.54, 1.807) is 0 Å². The van der Waals surface area contributed by atoms with E-state index in [9.17, 15) is 0 Å². The van der Waals surface area contributed by atoms with Crippen molar-refractivity contribution in [2.75, 3.05) is 0 Å². The molecule has 0 bridgehead atoms. The van der Waals surface area contributed by atoms with Crippen LogP contribution in [0.2, 0.25) is 0 Å². The van der Waals surface area contributed by atoms with E-state index in [1.165, 1.54) is 16.7 Å². The zero-order valence-corrected chi connectivity index (χ0v) is 10.8. The third kappa shape index (κ3) is 2.21. The normalized spacial score (nSPS) is 10.4. The molecular weight excluding hydrogens is 275 g/mol. The van der Waals surface area contributed by atoms with E-state index in [0.717, 1.165) is 4.57 Å². The van der Waals surface area contributed by atoms with Gasteiger partial charge in [-0.1, -0.05) is 0 Å². The summed E-state index contributed by atoms with van der Waals surface area (Å²) in [4.78, 5) is 0. The van der Waals surface area contributed by atoms with Gasteiger partial charge in [0.05, 0.1) is 0 Å². The van der Waals surface area contributed by atoms with Crippen LogP contribution in [0, 0.1) is 0 Å². The zero-order chi connectivity index (χ0) is 11.5. The predicted molar refractivity (Wildman–Crippen MR) is 69.8 cm³/mol. The Morgan fingerprint density at radius 2 is 1.35 bits per heavy atom. The second kappa shape index (κ2) is 4.66. The van der Waals surface area contributed by atoms with Crippen LogP contribution >= 0.6 is 0 Å². The van der Waals surface area contributed by atoms with Crippen LogP contribution in [0.25, 0.3) is 21.3 Å². The minimum atomic E-state index is 0.300. The van der Waals surface area contributed by atoms with Gasteiger partial charge in [0.1, 0.15) is 0 Å². The van der Waals surface area contributed by atoms with Gasteiger partial charge in [-0.2, -0.15) is 0 Å². The Bertz CT molecular complexity index is 586. The molecule has 3 rings (SSSR count). The maximum atomic E-state index is 4.12. The molecule has 82 valence electrons. The van der Waals surface area contributed by atoms with Gasteiger partial charge in [-0.25, -0.2) is 0 Å². The molecule has 2 aromatic carbocycles. The molecule has 0 aliphatic rings. The quantitative estimate of drug-likeness (QED) is 0.677. The van der Waals surface area contributed by atoms with E-state index in [4.69, 9.17) is 0 Å². The van der Waals surface area contributed by atoms with Crippen molar-refractivity contribution in [1.82, 2.24) is 10.2 Å². The maximum absolute atomic E-state index is 4.12. The van der Waals surface area contributed by atoms with Crippen molar-refractivity contribution < 1.29 is 0 Å². The van der Waals surface area contributed by atoms with E-state index >= 15 is 0 Å². The molecule has 0 aliphatic heterocycles. The topological polar surface area (TPSA) is 25.8 Å². The van der Waals surface area contributed by atoms with E-state index in [1.807, 2.05) is 11.1 Å². The van der Waals surface area contributed by atoms with Crippen molar-refractivity contribution in [3.63, 3.8) is 0 Å². The molecule has 0 unspecified atom stereocenters. The van der Waals surface area contributed by atoms with Gasteiger partial charge < -0.3 is 0 Å². The van der Waals surface area contributed by atoms with Gasteiger partial charge in [0.25, 0.3) is 0 Å². The van der Waals surface area contributed by atoms with E-state index in [0.29, 0.717) is 14.5 Å². The number of nitrogens with zero attached hydrogens (tertiary/aromatic N) is 2. The van der Waals surface area contributed by atoms with Crippen LogP contribution in [0.4, 0.5) is 0 Å². The molecule has 0 saturated carbocycles. The van der Waals surface area contributed by atoms with Crippen LogP contribution in [0.15, 0.2) is 59.7 Å². The summed E-state index contributed by atoms with van der Waals surface area (Å²) < 4.78 is 1.11. The summed E-state index contributed by atoms with van der Waals surface area (Å²) in [5.41, 5.74) is 3.66. The van der Waals surface area contributed by atoms with Crippen molar-refractivity contribution in [2.24, 2.45) is 0 Å². The molecule has 0 amide bonds. The van der Waals surface area contributed by atoms with Gasteiger partial charge in [-0.3, -0.25) is 0 Å². The average Bonchev–Trinajstić information content (AvgIpc) is 2.94. The van der Waals surface area contributed by atoms with Gasteiger partial charge in [0.2, 0.25) is 0 Å². The number of rotatable bonds is 2. The second-order valence-corrected chi connectivity index (χ2v) is 5.44. The summed E-state index contributed by atoms with van der Waals surface area (Å²) in [5, 5.41) is 9.93. The van der Waals surface area contributed by atoms with Crippen molar-refractivity contribution in [3.05, 3.63) is 59.7 Å². The van der Waals surface area contributed by atoms with Gasteiger partial charge in [0.15, 0.2) is 0 Å². The molecule has 2 nitrogen and oxygen atoms in total. The first-order valence-electron chi connectivity index (χ1n) is 5.35. The van der Waals surface area contributed by atoms with Crippen LogP contribution in [-0.2, 0) is 0 Å². The van der Waals surface area contributed by atoms with E-state index < -0.39 is 0 Å². The van der Waals surface area contributed by atoms with Crippen molar-refractivity contribution in [1.29, 1.82) is 0 Å². The molecule has 1 heterocycles. The summed E-state index contributed by atoms with van der Waals surface area (Å²) in [6.45, 7) is 0. The SMILES string of the molecule is c1ccc(-c2ccc(-c3nnc[se]3)cc2)cc1. The number of benzene rings is 2. The molecule has 17 heavy (non-hydrogen) atoms. The Labute approximate surface area is 106 Å². The Balaban J connectivity index is 1.96. The summed E-state index contributed by atoms with van der Waals surface area (Å²) in [5.74, 6) is 0. The molecule has 0 radical (unpaired) electrons. The fourth-order valence-electron chi connectivity index (χ4n) is 1.73. The molecule has 0 N–H and O–H groups in total. The third-order valence-electron chi connectivity index (χ3n) is 2.60. The Morgan fingerprint density at radius 3 is 2.00 bits per heavy atom. The standard InChI is InChI=1S/C14H10N2Se/c1-2-4-11(5-3-1)12-6-8-13(9-7-12)14-16-15-10-17-14/h1-10H. The average molecular weight is 285 g/mol.